The summed E-state index contributed by atoms with van der Waals surface area (Å²) < 4.78 is 13.4. The summed E-state index contributed by atoms with van der Waals surface area (Å²) in [7, 11) is 0. The van der Waals surface area contributed by atoms with Gasteiger partial charge >= 0.3 is 0 Å². The second-order valence-electron chi connectivity index (χ2n) is 8.10. The summed E-state index contributed by atoms with van der Waals surface area (Å²) >= 11 is 0. The van der Waals surface area contributed by atoms with Crippen molar-refractivity contribution in [1.29, 1.82) is 0 Å². The van der Waals surface area contributed by atoms with Crippen LogP contribution in [0.25, 0.3) is 44.5 Å². The van der Waals surface area contributed by atoms with Gasteiger partial charge in [-0.25, -0.2) is 9.37 Å². The molecule has 4 aromatic heterocycles. The first-order valence-corrected chi connectivity index (χ1v) is 10.5. The third kappa shape index (κ3) is 3.18. The molecule has 6 rings (SSSR count). The van der Waals surface area contributed by atoms with E-state index in [1.54, 1.807) is 18.3 Å². The van der Waals surface area contributed by atoms with Gasteiger partial charge in [-0.05, 0) is 67.2 Å². The van der Waals surface area contributed by atoms with Crippen molar-refractivity contribution in [2.24, 2.45) is 0 Å². The number of pyridine rings is 2. The number of piperidine rings is 1. The molecule has 1 aromatic carbocycles. The quantitative estimate of drug-likeness (QED) is 0.399. The standard InChI is InChI=1S/C24H21FN6/c25-17-3-1-15(2-4-17)20-12-27-13-22-18(20)10-21(29-22)23-19-9-16(11-28-24(19)31-30-23)14-5-7-26-8-6-14/h1-4,9-14,26,29H,5-8H2,(H,28,30,31). The molecule has 1 aliphatic heterocycles. The minimum atomic E-state index is -0.251. The van der Waals surface area contributed by atoms with Crippen molar-refractivity contribution < 1.29 is 4.39 Å². The Kier molecular flexibility index (Phi) is 4.28. The number of aromatic nitrogens is 5. The van der Waals surface area contributed by atoms with Gasteiger partial charge in [0.15, 0.2) is 5.65 Å². The lowest BCUT2D eigenvalue weighted by Crippen LogP contribution is -2.26. The Hall–Kier alpha value is -3.58. The third-order valence-electron chi connectivity index (χ3n) is 6.20. The SMILES string of the molecule is Fc1ccc(-c2cncc3[nH]c(-c4n[nH]c5ncc(C6CCNCC6)cc45)cc23)cc1. The summed E-state index contributed by atoms with van der Waals surface area (Å²) in [6, 6.07) is 10.8. The summed E-state index contributed by atoms with van der Waals surface area (Å²) in [4.78, 5) is 12.5. The van der Waals surface area contributed by atoms with Gasteiger partial charge in [0.05, 0.1) is 17.4 Å². The summed E-state index contributed by atoms with van der Waals surface area (Å²) in [5.41, 5.74) is 6.58. The van der Waals surface area contributed by atoms with Crippen molar-refractivity contribution in [2.75, 3.05) is 13.1 Å². The van der Waals surface area contributed by atoms with Gasteiger partial charge in [0.25, 0.3) is 0 Å². The van der Waals surface area contributed by atoms with Crippen LogP contribution in [0.2, 0.25) is 0 Å². The van der Waals surface area contributed by atoms with Gasteiger partial charge in [0.2, 0.25) is 0 Å². The molecular weight excluding hydrogens is 391 g/mol. The van der Waals surface area contributed by atoms with Crippen LogP contribution in [0.15, 0.2) is 55.0 Å². The lowest BCUT2D eigenvalue weighted by molar-refractivity contribution is 0.460. The van der Waals surface area contributed by atoms with Crippen molar-refractivity contribution >= 4 is 21.9 Å². The number of aromatic amines is 2. The van der Waals surface area contributed by atoms with E-state index in [9.17, 15) is 4.39 Å². The van der Waals surface area contributed by atoms with E-state index in [0.717, 1.165) is 70.4 Å². The zero-order valence-electron chi connectivity index (χ0n) is 16.8. The van der Waals surface area contributed by atoms with Crippen molar-refractivity contribution in [3.8, 4) is 22.5 Å². The first kappa shape index (κ1) is 18.2. The van der Waals surface area contributed by atoms with Gasteiger partial charge in [0, 0.05) is 28.7 Å². The van der Waals surface area contributed by atoms with Crippen LogP contribution in [-0.4, -0.2) is 38.2 Å². The number of rotatable bonds is 3. The number of fused-ring (bicyclic) bond motifs is 2. The topological polar surface area (TPSA) is 82.3 Å². The average Bonchev–Trinajstić information content (AvgIpc) is 3.43. The van der Waals surface area contributed by atoms with Gasteiger partial charge in [0.1, 0.15) is 11.5 Å². The molecule has 0 unspecified atom stereocenters. The molecule has 0 radical (unpaired) electrons. The second kappa shape index (κ2) is 7.28. The highest BCUT2D eigenvalue weighted by atomic mass is 19.1. The highest BCUT2D eigenvalue weighted by Gasteiger charge is 2.19. The second-order valence-corrected chi connectivity index (χ2v) is 8.10. The Morgan fingerprint density at radius 1 is 0.935 bits per heavy atom. The number of halogens is 1. The molecule has 0 saturated carbocycles. The Labute approximate surface area is 177 Å². The monoisotopic (exact) mass is 412 g/mol. The van der Waals surface area contributed by atoms with Crippen LogP contribution < -0.4 is 5.32 Å². The van der Waals surface area contributed by atoms with Crippen molar-refractivity contribution in [3.63, 3.8) is 0 Å². The summed E-state index contributed by atoms with van der Waals surface area (Å²) in [6.45, 7) is 2.09. The number of nitrogens with one attached hydrogen (secondary N) is 3. The molecule has 7 heteroatoms. The third-order valence-corrected chi connectivity index (χ3v) is 6.20. The molecule has 1 fully saturated rings. The van der Waals surface area contributed by atoms with Crippen molar-refractivity contribution in [1.82, 2.24) is 30.5 Å². The first-order chi connectivity index (χ1) is 15.3. The highest BCUT2D eigenvalue weighted by molar-refractivity contribution is 6.00. The molecule has 0 atom stereocenters. The number of H-pyrrole nitrogens is 2. The Balaban J connectivity index is 1.46. The van der Waals surface area contributed by atoms with E-state index >= 15 is 0 Å². The molecule has 0 spiro atoms. The largest absolute Gasteiger partial charge is 0.352 e. The molecule has 0 amide bonds. The van der Waals surface area contributed by atoms with E-state index in [4.69, 9.17) is 0 Å². The van der Waals surface area contributed by atoms with Gasteiger partial charge in [-0.2, -0.15) is 5.10 Å². The Morgan fingerprint density at radius 2 is 1.77 bits per heavy atom. The number of hydrogen-bond donors (Lipinski definition) is 3. The fourth-order valence-corrected chi connectivity index (χ4v) is 4.54. The molecule has 154 valence electrons. The van der Waals surface area contributed by atoms with Crippen LogP contribution in [0, 0.1) is 5.82 Å². The molecule has 0 aliphatic carbocycles. The summed E-state index contributed by atoms with van der Waals surface area (Å²) in [5.74, 6) is 0.275. The lowest BCUT2D eigenvalue weighted by atomic mass is 9.91. The molecule has 1 saturated heterocycles. The maximum Gasteiger partial charge on any atom is 0.155 e. The predicted octanol–water partition coefficient (Wildman–Crippen LogP) is 4.77. The molecule has 31 heavy (non-hydrogen) atoms. The van der Waals surface area contributed by atoms with Gasteiger partial charge < -0.3 is 10.3 Å². The van der Waals surface area contributed by atoms with E-state index < -0.39 is 0 Å². The summed E-state index contributed by atoms with van der Waals surface area (Å²) in [5, 5.41) is 13.1. The first-order valence-electron chi connectivity index (χ1n) is 10.5. The number of hydrogen-bond acceptors (Lipinski definition) is 4. The van der Waals surface area contributed by atoms with Crippen molar-refractivity contribution in [2.45, 2.75) is 18.8 Å². The zero-order chi connectivity index (χ0) is 20.8. The molecule has 3 N–H and O–H groups in total. The van der Waals surface area contributed by atoms with E-state index in [1.807, 2.05) is 12.4 Å². The van der Waals surface area contributed by atoms with Crippen LogP contribution >= 0.6 is 0 Å². The summed E-state index contributed by atoms with van der Waals surface area (Å²) in [6.07, 6.45) is 7.84. The Morgan fingerprint density at radius 3 is 2.61 bits per heavy atom. The predicted molar refractivity (Wildman–Crippen MR) is 119 cm³/mol. The molecule has 6 nitrogen and oxygen atoms in total. The van der Waals surface area contributed by atoms with Gasteiger partial charge in [-0.1, -0.05) is 12.1 Å². The van der Waals surface area contributed by atoms with Gasteiger partial charge in [-0.3, -0.25) is 10.1 Å². The van der Waals surface area contributed by atoms with E-state index in [2.05, 4.69) is 42.6 Å². The Bertz CT molecular complexity index is 1380. The smallest absolute Gasteiger partial charge is 0.155 e. The molecule has 5 aromatic rings. The number of benzene rings is 1. The van der Waals surface area contributed by atoms with E-state index in [-0.39, 0.29) is 5.82 Å². The van der Waals surface area contributed by atoms with Crippen LogP contribution in [0.3, 0.4) is 0 Å². The van der Waals surface area contributed by atoms with Crippen LogP contribution in [0.4, 0.5) is 4.39 Å². The maximum atomic E-state index is 13.4. The fraction of sp³-hybridized carbons (Fsp3) is 0.208. The van der Waals surface area contributed by atoms with E-state index in [0.29, 0.717) is 5.92 Å². The molecule has 0 bridgehead atoms. The minimum absolute atomic E-state index is 0.251. The fourth-order valence-electron chi connectivity index (χ4n) is 4.54. The molecule has 5 heterocycles. The maximum absolute atomic E-state index is 13.4. The lowest BCUT2D eigenvalue weighted by Gasteiger charge is -2.22. The number of nitrogens with zero attached hydrogens (tertiary/aromatic N) is 3. The van der Waals surface area contributed by atoms with Crippen LogP contribution in [0.1, 0.15) is 24.3 Å². The van der Waals surface area contributed by atoms with E-state index in [1.165, 1.54) is 17.7 Å². The molecule has 1 aliphatic rings. The van der Waals surface area contributed by atoms with Gasteiger partial charge in [-0.15, -0.1) is 0 Å². The molecular formula is C24H21FN6. The minimum Gasteiger partial charge on any atom is -0.352 e. The highest BCUT2D eigenvalue weighted by Crippen LogP contribution is 2.34. The average molecular weight is 412 g/mol. The van der Waals surface area contributed by atoms with Crippen LogP contribution in [-0.2, 0) is 0 Å². The van der Waals surface area contributed by atoms with Crippen LogP contribution in [0.5, 0.6) is 0 Å². The van der Waals surface area contributed by atoms with Crippen molar-refractivity contribution in [3.05, 3.63) is 66.4 Å². The zero-order valence-corrected chi connectivity index (χ0v) is 16.8. The normalized spacial score (nSPS) is 15.1.